The van der Waals surface area contributed by atoms with E-state index in [2.05, 4.69) is 0 Å². The van der Waals surface area contributed by atoms with Crippen molar-refractivity contribution in [3.63, 3.8) is 0 Å². The minimum absolute atomic E-state index is 0.0737. The highest BCUT2D eigenvalue weighted by Crippen LogP contribution is 2.32. The normalized spacial score (nSPS) is 16.3. The van der Waals surface area contributed by atoms with Crippen molar-refractivity contribution in [2.75, 3.05) is 40.3 Å². The SMILES string of the molecule is CC(=O)N1CCc2ccccc2[C@@H]1CC(=O)N(CCN(C)C)CC(=O)O. The van der Waals surface area contributed by atoms with Gasteiger partial charge >= 0.3 is 5.97 Å². The Balaban J connectivity index is 2.21. The van der Waals surface area contributed by atoms with E-state index in [1.165, 1.54) is 11.8 Å². The zero-order valence-corrected chi connectivity index (χ0v) is 15.6. The molecule has 1 aromatic carbocycles. The first-order valence-electron chi connectivity index (χ1n) is 8.79. The summed E-state index contributed by atoms with van der Waals surface area (Å²) < 4.78 is 0. The van der Waals surface area contributed by atoms with Crippen LogP contribution in [0.15, 0.2) is 24.3 Å². The molecule has 7 heteroatoms. The van der Waals surface area contributed by atoms with Crippen LogP contribution in [-0.2, 0) is 20.8 Å². The lowest BCUT2D eigenvalue weighted by atomic mass is 9.90. The minimum Gasteiger partial charge on any atom is -0.480 e. The Bertz CT molecular complexity index is 675. The number of carboxylic acids is 1. The second kappa shape index (κ2) is 8.80. The fraction of sp³-hybridized carbons (Fsp3) is 0.526. The fourth-order valence-corrected chi connectivity index (χ4v) is 3.32. The maximum absolute atomic E-state index is 12.8. The summed E-state index contributed by atoms with van der Waals surface area (Å²) in [7, 11) is 3.75. The van der Waals surface area contributed by atoms with Gasteiger partial charge in [0.25, 0.3) is 0 Å². The Morgan fingerprint density at radius 1 is 1.19 bits per heavy atom. The van der Waals surface area contributed by atoms with E-state index in [9.17, 15) is 14.4 Å². The molecule has 0 radical (unpaired) electrons. The van der Waals surface area contributed by atoms with Gasteiger partial charge in [-0.3, -0.25) is 14.4 Å². The first-order valence-corrected chi connectivity index (χ1v) is 8.79. The summed E-state index contributed by atoms with van der Waals surface area (Å²) in [5.74, 6) is -1.36. The number of likely N-dealkylation sites (N-methyl/N-ethyl adjacent to an activating group) is 1. The highest BCUT2D eigenvalue weighted by molar-refractivity contribution is 5.83. The average molecular weight is 361 g/mol. The number of carbonyl (C=O) groups is 3. The van der Waals surface area contributed by atoms with Crippen LogP contribution in [0.2, 0.25) is 0 Å². The quantitative estimate of drug-likeness (QED) is 0.784. The van der Waals surface area contributed by atoms with E-state index in [0.717, 1.165) is 17.5 Å². The molecule has 0 saturated heterocycles. The Kier molecular flexibility index (Phi) is 6.74. The summed E-state index contributed by atoms with van der Waals surface area (Å²) in [5, 5.41) is 9.13. The van der Waals surface area contributed by atoms with Crippen LogP contribution in [0.5, 0.6) is 0 Å². The molecule has 0 spiro atoms. The van der Waals surface area contributed by atoms with Gasteiger partial charge in [-0.15, -0.1) is 0 Å². The molecule has 26 heavy (non-hydrogen) atoms. The lowest BCUT2D eigenvalue weighted by Gasteiger charge is -2.37. The van der Waals surface area contributed by atoms with Crippen LogP contribution >= 0.6 is 0 Å². The van der Waals surface area contributed by atoms with E-state index < -0.39 is 5.97 Å². The summed E-state index contributed by atoms with van der Waals surface area (Å²) in [4.78, 5) is 41.0. The fourth-order valence-electron chi connectivity index (χ4n) is 3.32. The molecular weight excluding hydrogens is 334 g/mol. The molecule has 1 aliphatic rings. The number of carbonyl (C=O) groups excluding carboxylic acids is 2. The van der Waals surface area contributed by atoms with Crippen LogP contribution in [0.4, 0.5) is 0 Å². The van der Waals surface area contributed by atoms with Gasteiger partial charge in [-0.2, -0.15) is 0 Å². The Labute approximate surface area is 154 Å². The van der Waals surface area contributed by atoms with Crippen LogP contribution in [-0.4, -0.2) is 77.9 Å². The number of amides is 2. The molecule has 2 amide bonds. The van der Waals surface area contributed by atoms with Gasteiger partial charge in [-0.25, -0.2) is 0 Å². The Morgan fingerprint density at radius 3 is 2.50 bits per heavy atom. The van der Waals surface area contributed by atoms with Gasteiger partial charge in [-0.1, -0.05) is 24.3 Å². The maximum Gasteiger partial charge on any atom is 0.323 e. The minimum atomic E-state index is -1.04. The molecule has 0 saturated carbocycles. The molecule has 0 aliphatic carbocycles. The Morgan fingerprint density at radius 2 is 1.88 bits per heavy atom. The molecule has 2 rings (SSSR count). The molecule has 0 fully saturated rings. The van der Waals surface area contributed by atoms with Gasteiger partial charge in [0.05, 0.1) is 12.5 Å². The highest BCUT2D eigenvalue weighted by Gasteiger charge is 2.32. The summed E-state index contributed by atoms with van der Waals surface area (Å²) in [6.45, 7) is 2.66. The number of aliphatic carboxylic acids is 1. The topological polar surface area (TPSA) is 81.2 Å². The van der Waals surface area contributed by atoms with Crippen molar-refractivity contribution in [2.24, 2.45) is 0 Å². The number of hydrogen-bond donors (Lipinski definition) is 1. The molecule has 7 nitrogen and oxygen atoms in total. The van der Waals surface area contributed by atoms with Gasteiger partial charge < -0.3 is 19.8 Å². The molecule has 0 unspecified atom stereocenters. The average Bonchev–Trinajstić information content (AvgIpc) is 2.58. The van der Waals surface area contributed by atoms with E-state index in [1.54, 1.807) is 4.90 Å². The third-order valence-electron chi connectivity index (χ3n) is 4.68. The van der Waals surface area contributed by atoms with Gasteiger partial charge in [0, 0.05) is 26.6 Å². The summed E-state index contributed by atoms with van der Waals surface area (Å²) in [6, 6.07) is 7.48. The van der Waals surface area contributed by atoms with Gasteiger partial charge in [0.15, 0.2) is 0 Å². The molecular formula is C19H27N3O4. The van der Waals surface area contributed by atoms with E-state index in [1.807, 2.05) is 43.3 Å². The number of carboxylic acid groups (broad SMARTS) is 1. The second-order valence-corrected chi connectivity index (χ2v) is 6.89. The van der Waals surface area contributed by atoms with Crippen LogP contribution < -0.4 is 0 Å². The molecule has 1 N–H and O–H groups in total. The van der Waals surface area contributed by atoms with E-state index in [4.69, 9.17) is 5.11 Å². The smallest absolute Gasteiger partial charge is 0.323 e. The van der Waals surface area contributed by atoms with Gasteiger partial charge in [0.2, 0.25) is 11.8 Å². The molecule has 0 aromatic heterocycles. The standard InChI is InChI=1S/C19H27N3O4/c1-14(23)22-9-8-15-6-4-5-7-16(15)17(22)12-18(24)21(13-19(25)26)11-10-20(2)3/h4-7,17H,8-13H2,1-3H3,(H,25,26)/t17-/m0/s1. The predicted molar refractivity (Wildman–Crippen MR) is 97.7 cm³/mol. The summed E-state index contributed by atoms with van der Waals surface area (Å²) in [5.41, 5.74) is 2.12. The van der Waals surface area contributed by atoms with Crippen molar-refractivity contribution in [2.45, 2.75) is 25.8 Å². The second-order valence-electron chi connectivity index (χ2n) is 6.89. The number of hydrogen-bond acceptors (Lipinski definition) is 4. The van der Waals surface area contributed by atoms with Crippen molar-refractivity contribution in [1.29, 1.82) is 0 Å². The molecule has 142 valence electrons. The first-order chi connectivity index (χ1) is 12.3. The van der Waals surface area contributed by atoms with Crippen molar-refractivity contribution in [3.05, 3.63) is 35.4 Å². The third-order valence-corrected chi connectivity index (χ3v) is 4.68. The molecule has 1 aromatic rings. The predicted octanol–water partition coefficient (Wildman–Crippen LogP) is 0.997. The van der Waals surface area contributed by atoms with E-state index in [-0.39, 0.29) is 30.8 Å². The zero-order valence-electron chi connectivity index (χ0n) is 15.6. The lowest BCUT2D eigenvalue weighted by molar-refractivity contribution is -0.146. The largest absolute Gasteiger partial charge is 0.480 e. The van der Waals surface area contributed by atoms with Crippen LogP contribution in [0.1, 0.15) is 30.5 Å². The van der Waals surface area contributed by atoms with Gasteiger partial charge in [-0.05, 0) is 31.6 Å². The van der Waals surface area contributed by atoms with Crippen molar-refractivity contribution < 1.29 is 19.5 Å². The molecule has 1 heterocycles. The van der Waals surface area contributed by atoms with Gasteiger partial charge in [0.1, 0.15) is 6.54 Å². The summed E-state index contributed by atoms with van der Waals surface area (Å²) >= 11 is 0. The zero-order chi connectivity index (χ0) is 19.3. The van der Waals surface area contributed by atoms with Crippen LogP contribution in [0.25, 0.3) is 0 Å². The number of rotatable bonds is 7. The van der Waals surface area contributed by atoms with Crippen molar-refractivity contribution >= 4 is 17.8 Å². The van der Waals surface area contributed by atoms with E-state index >= 15 is 0 Å². The van der Waals surface area contributed by atoms with E-state index in [0.29, 0.717) is 19.6 Å². The lowest BCUT2D eigenvalue weighted by Crippen LogP contribution is -2.44. The Hall–Kier alpha value is -2.41. The monoisotopic (exact) mass is 361 g/mol. The van der Waals surface area contributed by atoms with Crippen molar-refractivity contribution in [3.8, 4) is 0 Å². The molecule has 1 aliphatic heterocycles. The van der Waals surface area contributed by atoms with Crippen LogP contribution in [0, 0.1) is 0 Å². The third kappa shape index (κ3) is 5.05. The number of benzene rings is 1. The number of fused-ring (bicyclic) bond motifs is 1. The number of nitrogens with zero attached hydrogens (tertiary/aromatic N) is 3. The highest BCUT2D eigenvalue weighted by atomic mass is 16.4. The molecule has 0 bridgehead atoms. The van der Waals surface area contributed by atoms with Crippen molar-refractivity contribution in [1.82, 2.24) is 14.7 Å². The molecule has 1 atom stereocenters. The van der Waals surface area contributed by atoms with Crippen LogP contribution in [0.3, 0.4) is 0 Å². The maximum atomic E-state index is 12.8. The first kappa shape index (κ1) is 19.9. The summed E-state index contributed by atoms with van der Waals surface area (Å²) in [6.07, 6.45) is 0.858.